The number of carbonyl (C=O) groups is 1. The summed E-state index contributed by atoms with van der Waals surface area (Å²) in [6.07, 6.45) is 4.09. The maximum Gasteiger partial charge on any atom is 0.315 e. The number of nitrogens with one attached hydrogen (secondary N) is 2. The lowest BCUT2D eigenvalue weighted by atomic mass is 9.93. The average Bonchev–Trinajstić information content (AvgIpc) is 3.08. The summed E-state index contributed by atoms with van der Waals surface area (Å²) in [6.45, 7) is 5.06. The molecule has 1 unspecified atom stereocenters. The second kappa shape index (κ2) is 7.27. The van der Waals surface area contributed by atoms with Gasteiger partial charge in [-0.2, -0.15) is 0 Å². The van der Waals surface area contributed by atoms with E-state index < -0.39 is 0 Å². The third-order valence-corrected chi connectivity index (χ3v) is 5.53. The Morgan fingerprint density at radius 3 is 2.62 bits per heavy atom. The van der Waals surface area contributed by atoms with Gasteiger partial charge in [0.25, 0.3) is 0 Å². The van der Waals surface area contributed by atoms with Crippen molar-refractivity contribution in [2.75, 3.05) is 13.2 Å². The molecule has 1 aromatic rings. The lowest BCUT2D eigenvalue weighted by Crippen LogP contribution is -2.42. The molecule has 1 aliphatic rings. The van der Waals surface area contributed by atoms with Crippen molar-refractivity contribution in [1.82, 2.24) is 10.6 Å². The topological polar surface area (TPSA) is 61.4 Å². The molecule has 0 aliphatic heterocycles. The van der Waals surface area contributed by atoms with E-state index in [9.17, 15) is 9.90 Å². The number of carbonyl (C=O) groups excluding carboxylic acids is 1. The van der Waals surface area contributed by atoms with E-state index in [4.69, 9.17) is 0 Å². The number of thiophene rings is 1. The Balaban J connectivity index is 1.93. The first kappa shape index (κ1) is 16.3. The zero-order valence-electron chi connectivity index (χ0n) is 12.9. The molecule has 118 valence electrons. The molecule has 5 heteroatoms. The van der Waals surface area contributed by atoms with Crippen molar-refractivity contribution in [2.24, 2.45) is 11.3 Å². The van der Waals surface area contributed by atoms with Gasteiger partial charge in [0.2, 0.25) is 0 Å². The minimum Gasteiger partial charge on any atom is -0.396 e. The van der Waals surface area contributed by atoms with Crippen LogP contribution in [0, 0.1) is 11.3 Å². The van der Waals surface area contributed by atoms with Gasteiger partial charge in [0.05, 0.1) is 12.6 Å². The van der Waals surface area contributed by atoms with Crippen molar-refractivity contribution in [1.29, 1.82) is 0 Å². The molecule has 0 saturated heterocycles. The van der Waals surface area contributed by atoms with Crippen LogP contribution in [0.15, 0.2) is 17.5 Å². The summed E-state index contributed by atoms with van der Waals surface area (Å²) >= 11 is 1.69. The van der Waals surface area contributed by atoms with E-state index in [1.807, 2.05) is 6.07 Å². The Kier molecular flexibility index (Phi) is 5.65. The van der Waals surface area contributed by atoms with Crippen molar-refractivity contribution < 1.29 is 9.90 Å². The van der Waals surface area contributed by atoms with Crippen LogP contribution in [0.25, 0.3) is 0 Å². The van der Waals surface area contributed by atoms with Gasteiger partial charge < -0.3 is 15.7 Å². The predicted molar refractivity (Wildman–Crippen MR) is 86.4 cm³/mol. The first-order chi connectivity index (χ1) is 10.1. The van der Waals surface area contributed by atoms with Gasteiger partial charge in [-0.1, -0.05) is 32.8 Å². The van der Waals surface area contributed by atoms with Gasteiger partial charge in [-0.3, -0.25) is 0 Å². The summed E-state index contributed by atoms with van der Waals surface area (Å²) in [4.78, 5) is 13.4. The molecule has 1 aliphatic carbocycles. The zero-order valence-corrected chi connectivity index (χ0v) is 13.7. The van der Waals surface area contributed by atoms with Crippen LogP contribution in [-0.2, 0) is 0 Å². The van der Waals surface area contributed by atoms with Gasteiger partial charge in [-0.05, 0) is 30.2 Å². The summed E-state index contributed by atoms with van der Waals surface area (Å²) in [5.74, 6) is 0.446. The van der Waals surface area contributed by atoms with Crippen molar-refractivity contribution in [3.8, 4) is 0 Å². The van der Waals surface area contributed by atoms with Crippen LogP contribution in [0.1, 0.15) is 50.4 Å². The van der Waals surface area contributed by atoms with E-state index >= 15 is 0 Å². The van der Waals surface area contributed by atoms with Gasteiger partial charge in [0, 0.05) is 16.8 Å². The fourth-order valence-electron chi connectivity index (χ4n) is 2.68. The number of hydrogen-bond acceptors (Lipinski definition) is 3. The van der Waals surface area contributed by atoms with Crippen molar-refractivity contribution in [2.45, 2.75) is 45.6 Å². The Morgan fingerprint density at radius 2 is 2.14 bits per heavy atom. The molecule has 1 heterocycles. The van der Waals surface area contributed by atoms with E-state index in [-0.39, 0.29) is 24.1 Å². The first-order valence-corrected chi connectivity index (χ1v) is 8.70. The van der Waals surface area contributed by atoms with Crippen LogP contribution in [-0.4, -0.2) is 24.3 Å². The molecule has 0 radical (unpaired) electrons. The molecular weight excluding hydrogens is 284 g/mol. The third-order valence-electron chi connectivity index (χ3n) is 4.57. The highest BCUT2D eigenvalue weighted by molar-refractivity contribution is 7.10. The molecule has 4 nitrogen and oxygen atoms in total. The molecule has 2 amide bonds. The van der Waals surface area contributed by atoms with E-state index in [0.29, 0.717) is 12.5 Å². The van der Waals surface area contributed by atoms with Crippen molar-refractivity contribution >= 4 is 17.4 Å². The number of aliphatic hydroxyl groups is 1. The number of hydrogen-bond donors (Lipinski definition) is 3. The summed E-state index contributed by atoms with van der Waals surface area (Å²) in [5.41, 5.74) is -0.0509. The van der Waals surface area contributed by atoms with Crippen LogP contribution in [0.5, 0.6) is 0 Å². The van der Waals surface area contributed by atoms with Crippen LogP contribution < -0.4 is 10.6 Å². The fraction of sp³-hybridized carbons (Fsp3) is 0.688. The van der Waals surface area contributed by atoms with E-state index in [2.05, 4.69) is 35.9 Å². The van der Waals surface area contributed by atoms with E-state index in [1.165, 1.54) is 4.88 Å². The summed E-state index contributed by atoms with van der Waals surface area (Å²) < 4.78 is 0. The van der Waals surface area contributed by atoms with Crippen LogP contribution in [0.3, 0.4) is 0 Å². The smallest absolute Gasteiger partial charge is 0.315 e. The Bertz CT molecular complexity index is 439. The lowest BCUT2D eigenvalue weighted by Gasteiger charge is -2.26. The van der Waals surface area contributed by atoms with E-state index in [0.717, 1.165) is 25.7 Å². The highest BCUT2D eigenvalue weighted by atomic mass is 32.1. The fourth-order valence-corrected chi connectivity index (χ4v) is 3.55. The predicted octanol–water partition coefficient (Wildman–Crippen LogP) is 3.30. The highest BCUT2D eigenvalue weighted by Gasteiger charge is 2.42. The third kappa shape index (κ3) is 4.20. The molecule has 0 spiro atoms. The molecule has 1 aromatic heterocycles. The molecule has 0 bridgehead atoms. The number of urea groups is 1. The van der Waals surface area contributed by atoms with Crippen molar-refractivity contribution in [3.05, 3.63) is 22.4 Å². The Labute approximate surface area is 131 Å². The van der Waals surface area contributed by atoms with Gasteiger partial charge in [0.15, 0.2) is 0 Å². The van der Waals surface area contributed by atoms with Crippen LogP contribution in [0.2, 0.25) is 0 Å². The molecular formula is C16H26N2O2S. The molecule has 1 saturated carbocycles. The SMILES string of the molecule is CCC(CC)C(NC(=O)NCC1(CO)CC1)c1cccs1. The summed E-state index contributed by atoms with van der Waals surface area (Å²) in [7, 11) is 0. The summed E-state index contributed by atoms with van der Waals surface area (Å²) in [6, 6.07) is 4.06. The second-order valence-corrected chi connectivity index (χ2v) is 7.03. The molecule has 2 rings (SSSR count). The normalized spacial score (nSPS) is 17.5. The van der Waals surface area contributed by atoms with Crippen LogP contribution >= 0.6 is 11.3 Å². The minimum absolute atomic E-state index is 0.0509. The number of aliphatic hydroxyl groups excluding tert-OH is 1. The van der Waals surface area contributed by atoms with Gasteiger partial charge in [-0.15, -0.1) is 11.3 Å². The minimum atomic E-state index is -0.125. The number of amides is 2. The molecule has 1 atom stereocenters. The molecule has 0 aromatic carbocycles. The zero-order chi connectivity index (χ0) is 15.3. The van der Waals surface area contributed by atoms with E-state index in [1.54, 1.807) is 11.3 Å². The monoisotopic (exact) mass is 310 g/mol. The van der Waals surface area contributed by atoms with Crippen LogP contribution in [0.4, 0.5) is 4.79 Å². The van der Waals surface area contributed by atoms with Gasteiger partial charge in [0.1, 0.15) is 0 Å². The average molecular weight is 310 g/mol. The Hall–Kier alpha value is -1.07. The second-order valence-electron chi connectivity index (χ2n) is 6.05. The van der Waals surface area contributed by atoms with Gasteiger partial charge >= 0.3 is 6.03 Å². The maximum absolute atomic E-state index is 12.2. The quantitative estimate of drug-likeness (QED) is 0.690. The molecule has 3 N–H and O–H groups in total. The molecule has 21 heavy (non-hydrogen) atoms. The summed E-state index contributed by atoms with van der Waals surface area (Å²) in [5, 5.41) is 17.4. The largest absolute Gasteiger partial charge is 0.396 e. The van der Waals surface area contributed by atoms with Crippen molar-refractivity contribution in [3.63, 3.8) is 0 Å². The first-order valence-electron chi connectivity index (χ1n) is 7.82. The standard InChI is InChI=1S/C16H26N2O2S/c1-3-12(4-2)14(13-6-5-9-21-13)18-15(20)17-10-16(11-19)7-8-16/h5-6,9,12,14,19H,3-4,7-8,10-11H2,1-2H3,(H2,17,18,20). The Morgan fingerprint density at radius 1 is 1.43 bits per heavy atom. The maximum atomic E-state index is 12.2. The lowest BCUT2D eigenvalue weighted by molar-refractivity contribution is 0.200. The van der Waals surface area contributed by atoms with Gasteiger partial charge in [-0.25, -0.2) is 4.79 Å². The highest BCUT2D eigenvalue weighted by Crippen LogP contribution is 2.44. The number of rotatable bonds is 8. The molecule has 1 fully saturated rings.